The standard InChI is InChI=1S/C26H32N4O2/c1-16-7-9-22(18(3)11-16)24(31)29-27-20-13-21(15-26(5,6)14-20)28-30-25(32)23-10-8-17(2)12-19(23)4/h7-12H,13-15H2,1-6H3,(H,29,31)(H,30,32)/b27-20+,28-21+. The molecule has 0 bridgehead atoms. The maximum atomic E-state index is 12.6. The molecule has 6 heteroatoms. The molecule has 0 heterocycles. The largest absolute Gasteiger partial charge is 0.271 e. The van der Waals surface area contributed by atoms with Crippen LogP contribution in [0.1, 0.15) is 76.1 Å². The van der Waals surface area contributed by atoms with E-state index in [1.807, 2.05) is 64.1 Å². The van der Waals surface area contributed by atoms with E-state index in [0.29, 0.717) is 17.5 Å². The summed E-state index contributed by atoms with van der Waals surface area (Å²) in [5, 5.41) is 8.80. The van der Waals surface area contributed by atoms with Crippen molar-refractivity contribution in [3.8, 4) is 0 Å². The Labute approximate surface area is 190 Å². The van der Waals surface area contributed by atoms with Gasteiger partial charge in [0.05, 0.1) is 0 Å². The normalized spacial score (nSPS) is 17.9. The molecule has 168 valence electrons. The minimum atomic E-state index is -0.222. The third kappa shape index (κ3) is 5.90. The van der Waals surface area contributed by atoms with Gasteiger partial charge in [-0.05, 0) is 69.2 Å². The van der Waals surface area contributed by atoms with E-state index in [9.17, 15) is 9.59 Å². The molecule has 2 amide bonds. The Bertz CT molecular complexity index is 1030. The monoisotopic (exact) mass is 432 g/mol. The fourth-order valence-corrected chi connectivity index (χ4v) is 4.20. The van der Waals surface area contributed by atoms with Crippen LogP contribution in [-0.4, -0.2) is 23.2 Å². The van der Waals surface area contributed by atoms with Crippen LogP contribution in [0, 0.1) is 33.1 Å². The number of hydrogen-bond acceptors (Lipinski definition) is 4. The number of hydrogen-bond donors (Lipinski definition) is 2. The second-order valence-corrected chi connectivity index (χ2v) is 9.57. The Morgan fingerprint density at radius 1 is 0.750 bits per heavy atom. The van der Waals surface area contributed by atoms with Crippen LogP contribution in [0.5, 0.6) is 0 Å². The zero-order chi connectivity index (χ0) is 23.5. The SMILES string of the molecule is Cc1ccc(C(=O)N/N=C2\C/C(=N\NC(=O)c3ccc(C)cc3C)CC(C)(C)C2)c(C)c1. The minimum absolute atomic E-state index is 0.0646. The second kappa shape index (κ2) is 9.47. The van der Waals surface area contributed by atoms with E-state index < -0.39 is 0 Å². The van der Waals surface area contributed by atoms with E-state index in [2.05, 4.69) is 34.9 Å². The molecule has 1 aliphatic rings. The molecule has 0 aliphatic heterocycles. The number of aryl methyl sites for hydroxylation is 4. The van der Waals surface area contributed by atoms with Crippen LogP contribution >= 0.6 is 0 Å². The minimum Gasteiger partial charge on any atom is -0.267 e. The Kier molecular flexibility index (Phi) is 6.92. The van der Waals surface area contributed by atoms with Gasteiger partial charge in [0, 0.05) is 29.0 Å². The number of rotatable bonds is 4. The number of nitrogens with zero attached hydrogens (tertiary/aromatic N) is 2. The fraction of sp³-hybridized carbons (Fsp3) is 0.385. The summed E-state index contributed by atoms with van der Waals surface area (Å²) in [4.78, 5) is 25.2. The summed E-state index contributed by atoms with van der Waals surface area (Å²) in [7, 11) is 0. The summed E-state index contributed by atoms with van der Waals surface area (Å²) in [6.45, 7) is 12.1. The van der Waals surface area contributed by atoms with Crippen molar-refractivity contribution in [2.24, 2.45) is 15.6 Å². The molecule has 0 aromatic heterocycles. The molecule has 32 heavy (non-hydrogen) atoms. The fourth-order valence-electron chi connectivity index (χ4n) is 4.20. The molecule has 2 aromatic rings. The van der Waals surface area contributed by atoms with Gasteiger partial charge >= 0.3 is 0 Å². The zero-order valence-electron chi connectivity index (χ0n) is 19.8. The van der Waals surface area contributed by atoms with Crippen LogP contribution in [0.3, 0.4) is 0 Å². The number of benzene rings is 2. The molecule has 0 radical (unpaired) electrons. The lowest BCUT2D eigenvalue weighted by Gasteiger charge is -2.31. The van der Waals surface area contributed by atoms with Crippen molar-refractivity contribution in [3.05, 3.63) is 69.8 Å². The van der Waals surface area contributed by atoms with Crippen LogP contribution in [-0.2, 0) is 0 Å². The highest BCUT2D eigenvalue weighted by molar-refractivity contribution is 6.08. The van der Waals surface area contributed by atoms with Crippen molar-refractivity contribution >= 4 is 23.2 Å². The molecule has 6 nitrogen and oxygen atoms in total. The number of nitrogens with one attached hydrogen (secondary N) is 2. The molecule has 3 rings (SSSR count). The molecular weight excluding hydrogens is 400 g/mol. The maximum absolute atomic E-state index is 12.6. The molecule has 1 saturated carbocycles. The van der Waals surface area contributed by atoms with E-state index in [1.54, 1.807) is 0 Å². The first-order chi connectivity index (χ1) is 15.0. The van der Waals surface area contributed by atoms with Gasteiger partial charge in [0.15, 0.2) is 0 Å². The van der Waals surface area contributed by atoms with Crippen LogP contribution < -0.4 is 10.9 Å². The lowest BCUT2D eigenvalue weighted by atomic mass is 9.75. The first-order valence-corrected chi connectivity index (χ1v) is 10.9. The highest BCUT2D eigenvalue weighted by atomic mass is 16.2. The Balaban J connectivity index is 1.71. The van der Waals surface area contributed by atoms with Crippen LogP contribution in [0.25, 0.3) is 0 Å². The third-order valence-corrected chi connectivity index (χ3v) is 5.66. The van der Waals surface area contributed by atoms with Crippen molar-refractivity contribution in [3.63, 3.8) is 0 Å². The first-order valence-electron chi connectivity index (χ1n) is 10.9. The van der Waals surface area contributed by atoms with Gasteiger partial charge in [-0.1, -0.05) is 49.2 Å². The average Bonchev–Trinajstić information content (AvgIpc) is 2.69. The molecule has 1 aliphatic carbocycles. The van der Waals surface area contributed by atoms with Gasteiger partial charge in [0.25, 0.3) is 11.8 Å². The molecular formula is C26H32N4O2. The number of carbonyl (C=O) groups excluding carboxylic acids is 2. The van der Waals surface area contributed by atoms with Gasteiger partial charge < -0.3 is 0 Å². The molecule has 0 unspecified atom stereocenters. The summed E-state index contributed by atoms with van der Waals surface area (Å²) in [5.41, 5.74) is 12.3. The Morgan fingerprint density at radius 2 is 1.16 bits per heavy atom. The van der Waals surface area contributed by atoms with Crippen molar-refractivity contribution in [1.82, 2.24) is 10.9 Å². The molecule has 0 saturated heterocycles. The first kappa shape index (κ1) is 23.4. The van der Waals surface area contributed by atoms with Crippen LogP contribution in [0.4, 0.5) is 0 Å². The Hall–Kier alpha value is -3.28. The third-order valence-electron chi connectivity index (χ3n) is 5.66. The van der Waals surface area contributed by atoms with E-state index >= 15 is 0 Å². The van der Waals surface area contributed by atoms with E-state index in [4.69, 9.17) is 0 Å². The number of amides is 2. The summed E-state index contributed by atoms with van der Waals surface area (Å²) in [5.74, 6) is -0.444. The van der Waals surface area contributed by atoms with Gasteiger partial charge in [-0.15, -0.1) is 0 Å². The number of carbonyl (C=O) groups is 2. The topological polar surface area (TPSA) is 82.9 Å². The lowest BCUT2D eigenvalue weighted by Crippen LogP contribution is -2.33. The predicted molar refractivity (Wildman–Crippen MR) is 129 cm³/mol. The number of hydrazone groups is 2. The van der Waals surface area contributed by atoms with Gasteiger partial charge in [-0.25, -0.2) is 10.9 Å². The van der Waals surface area contributed by atoms with Crippen molar-refractivity contribution in [2.75, 3.05) is 0 Å². The van der Waals surface area contributed by atoms with Gasteiger partial charge in [0.2, 0.25) is 0 Å². The molecule has 0 spiro atoms. The Morgan fingerprint density at radius 3 is 1.53 bits per heavy atom. The summed E-state index contributed by atoms with van der Waals surface area (Å²) in [6.07, 6.45) is 2.03. The van der Waals surface area contributed by atoms with Crippen molar-refractivity contribution < 1.29 is 9.59 Å². The zero-order valence-corrected chi connectivity index (χ0v) is 19.8. The molecule has 0 atom stereocenters. The van der Waals surface area contributed by atoms with E-state index in [1.165, 1.54) is 0 Å². The maximum Gasteiger partial charge on any atom is 0.271 e. The highest BCUT2D eigenvalue weighted by Crippen LogP contribution is 2.32. The van der Waals surface area contributed by atoms with Gasteiger partial charge in [-0.2, -0.15) is 10.2 Å². The van der Waals surface area contributed by atoms with Crippen LogP contribution in [0.15, 0.2) is 46.6 Å². The van der Waals surface area contributed by atoms with Crippen molar-refractivity contribution in [1.29, 1.82) is 0 Å². The summed E-state index contributed by atoms with van der Waals surface area (Å²) < 4.78 is 0. The van der Waals surface area contributed by atoms with Gasteiger partial charge in [0.1, 0.15) is 0 Å². The predicted octanol–water partition coefficient (Wildman–Crippen LogP) is 5.00. The van der Waals surface area contributed by atoms with E-state index in [0.717, 1.165) is 46.5 Å². The van der Waals surface area contributed by atoms with Crippen molar-refractivity contribution in [2.45, 2.75) is 60.8 Å². The highest BCUT2D eigenvalue weighted by Gasteiger charge is 2.30. The van der Waals surface area contributed by atoms with E-state index in [-0.39, 0.29) is 17.2 Å². The molecule has 1 fully saturated rings. The summed E-state index contributed by atoms with van der Waals surface area (Å²) in [6, 6.07) is 11.4. The second-order valence-electron chi connectivity index (χ2n) is 9.57. The quantitative estimate of drug-likeness (QED) is 0.666. The molecule has 2 N–H and O–H groups in total. The van der Waals surface area contributed by atoms with Gasteiger partial charge in [-0.3, -0.25) is 9.59 Å². The van der Waals surface area contributed by atoms with Crippen LogP contribution in [0.2, 0.25) is 0 Å². The summed E-state index contributed by atoms with van der Waals surface area (Å²) >= 11 is 0. The molecule has 2 aromatic carbocycles. The average molecular weight is 433 g/mol. The smallest absolute Gasteiger partial charge is 0.267 e. The lowest BCUT2D eigenvalue weighted by molar-refractivity contribution is 0.0946.